The molecule has 4 rings (SSSR count). The second kappa shape index (κ2) is 8.48. The number of rotatable bonds is 7. The van der Waals surface area contributed by atoms with Crippen molar-refractivity contribution >= 4 is 5.91 Å². The van der Waals surface area contributed by atoms with Crippen molar-refractivity contribution in [2.75, 3.05) is 39.5 Å². The van der Waals surface area contributed by atoms with Crippen LogP contribution in [0.3, 0.4) is 0 Å². The standard InChI is InChI=1S/C19H29N3O4/c23-19(15-3-4-15)22-8-1-2-16(12-22)18-20-17(21-26-18)7-11-25-13-14-5-9-24-10-6-14/h14-16H,1-13H2. The van der Waals surface area contributed by atoms with Crippen molar-refractivity contribution in [3.8, 4) is 0 Å². The summed E-state index contributed by atoms with van der Waals surface area (Å²) in [7, 11) is 0. The zero-order valence-electron chi connectivity index (χ0n) is 15.4. The molecule has 144 valence electrons. The Bertz CT molecular complexity index is 595. The van der Waals surface area contributed by atoms with Gasteiger partial charge < -0.3 is 18.9 Å². The molecule has 0 bridgehead atoms. The summed E-state index contributed by atoms with van der Waals surface area (Å²) in [5.41, 5.74) is 0. The summed E-state index contributed by atoms with van der Waals surface area (Å²) >= 11 is 0. The maximum absolute atomic E-state index is 12.3. The number of likely N-dealkylation sites (tertiary alicyclic amines) is 1. The van der Waals surface area contributed by atoms with E-state index in [9.17, 15) is 4.79 Å². The molecule has 0 N–H and O–H groups in total. The molecule has 1 aromatic heterocycles. The minimum Gasteiger partial charge on any atom is -0.381 e. The molecular formula is C19H29N3O4. The average molecular weight is 363 g/mol. The highest BCUT2D eigenvalue weighted by atomic mass is 16.5. The van der Waals surface area contributed by atoms with Crippen LogP contribution < -0.4 is 0 Å². The van der Waals surface area contributed by atoms with Crippen molar-refractivity contribution in [3.05, 3.63) is 11.7 Å². The van der Waals surface area contributed by atoms with E-state index >= 15 is 0 Å². The van der Waals surface area contributed by atoms with Gasteiger partial charge in [0.15, 0.2) is 5.82 Å². The zero-order chi connectivity index (χ0) is 17.8. The third-order valence-corrected chi connectivity index (χ3v) is 5.66. The predicted octanol–water partition coefficient (Wildman–Crippen LogP) is 2.17. The summed E-state index contributed by atoms with van der Waals surface area (Å²) in [5.74, 6) is 2.77. The van der Waals surface area contributed by atoms with E-state index in [0.717, 1.165) is 71.4 Å². The SMILES string of the molecule is O=C(C1CC1)N1CCCC(c2nc(CCOCC3CCOCC3)no2)C1. The van der Waals surface area contributed by atoms with Crippen LogP contribution in [0.5, 0.6) is 0 Å². The Kier molecular flexibility index (Phi) is 5.84. The first-order valence-corrected chi connectivity index (χ1v) is 10.1. The molecule has 0 aromatic carbocycles. The summed E-state index contributed by atoms with van der Waals surface area (Å²) in [6, 6.07) is 0. The molecule has 26 heavy (non-hydrogen) atoms. The Morgan fingerprint density at radius 2 is 2.04 bits per heavy atom. The molecule has 1 aromatic rings. The summed E-state index contributed by atoms with van der Waals surface area (Å²) in [6.07, 6.45) is 6.97. The molecule has 3 fully saturated rings. The molecule has 1 amide bonds. The molecule has 1 aliphatic carbocycles. The first-order chi connectivity index (χ1) is 12.8. The van der Waals surface area contributed by atoms with Crippen molar-refractivity contribution in [3.63, 3.8) is 0 Å². The molecule has 2 aliphatic heterocycles. The predicted molar refractivity (Wildman–Crippen MR) is 93.6 cm³/mol. The molecule has 2 saturated heterocycles. The number of piperidine rings is 1. The highest BCUT2D eigenvalue weighted by Gasteiger charge is 2.36. The summed E-state index contributed by atoms with van der Waals surface area (Å²) in [4.78, 5) is 18.8. The number of hydrogen-bond donors (Lipinski definition) is 0. The molecule has 0 spiro atoms. The molecule has 1 atom stereocenters. The molecule has 3 aliphatic rings. The summed E-state index contributed by atoms with van der Waals surface area (Å²) in [6.45, 7) is 4.69. The van der Waals surface area contributed by atoms with Gasteiger partial charge in [-0.25, -0.2) is 0 Å². The first kappa shape index (κ1) is 17.9. The maximum Gasteiger partial charge on any atom is 0.231 e. The van der Waals surface area contributed by atoms with Gasteiger partial charge in [-0.1, -0.05) is 5.16 Å². The number of hydrogen-bond acceptors (Lipinski definition) is 6. The van der Waals surface area contributed by atoms with Gasteiger partial charge in [0, 0.05) is 45.2 Å². The molecule has 3 heterocycles. The Morgan fingerprint density at radius 3 is 2.85 bits per heavy atom. The Morgan fingerprint density at radius 1 is 1.19 bits per heavy atom. The second-order valence-electron chi connectivity index (χ2n) is 7.83. The Labute approximate surface area is 154 Å². The lowest BCUT2D eigenvalue weighted by Crippen LogP contribution is -2.40. The highest BCUT2D eigenvalue weighted by molar-refractivity contribution is 5.81. The van der Waals surface area contributed by atoms with E-state index in [4.69, 9.17) is 14.0 Å². The van der Waals surface area contributed by atoms with Crippen molar-refractivity contribution < 1.29 is 18.8 Å². The van der Waals surface area contributed by atoms with E-state index < -0.39 is 0 Å². The van der Waals surface area contributed by atoms with Crippen LogP contribution in [0.2, 0.25) is 0 Å². The fourth-order valence-electron chi connectivity index (χ4n) is 3.83. The largest absolute Gasteiger partial charge is 0.381 e. The van der Waals surface area contributed by atoms with Crippen LogP contribution in [0.15, 0.2) is 4.52 Å². The molecular weight excluding hydrogens is 334 g/mol. The van der Waals surface area contributed by atoms with Gasteiger partial charge in [-0.15, -0.1) is 0 Å². The van der Waals surface area contributed by atoms with Crippen LogP contribution in [0, 0.1) is 11.8 Å². The lowest BCUT2D eigenvalue weighted by molar-refractivity contribution is -0.133. The maximum atomic E-state index is 12.3. The van der Waals surface area contributed by atoms with Gasteiger partial charge in [0.25, 0.3) is 0 Å². The number of carbonyl (C=O) groups is 1. The van der Waals surface area contributed by atoms with E-state index in [0.29, 0.717) is 36.6 Å². The van der Waals surface area contributed by atoms with Gasteiger partial charge in [-0.2, -0.15) is 4.98 Å². The summed E-state index contributed by atoms with van der Waals surface area (Å²) in [5, 5.41) is 4.10. The quantitative estimate of drug-likeness (QED) is 0.691. The fourth-order valence-corrected chi connectivity index (χ4v) is 3.83. The van der Waals surface area contributed by atoms with Gasteiger partial charge in [0.05, 0.1) is 12.5 Å². The van der Waals surface area contributed by atoms with Crippen LogP contribution in [0.1, 0.15) is 56.2 Å². The van der Waals surface area contributed by atoms with Gasteiger partial charge in [0.2, 0.25) is 11.8 Å². The third kappa shape index (κ3) is 4.62. The Hall–Kier alpha value is -1.47. The lowest BCUT2D eigenvalue weighted by Gasteiger charge is -2.31. The minimum absolute atomic E-state index is 0.177. The second-order valence-corrected chi connectivity index (χ2v) is 7.83. The van der Waals surface area contributed by atoms with E-state index in [-0.39, 0.29) is 11.8 Å². The van der Waals surface area contributed by atoms with Crippen molar-refractivity contribution in [1.29, 1.82) is 0 Å². The zero-order valence-corrected chi connectivity index (χ0v) is 15.4. The molecule has 0 radical (unpaired) electrons. The monoisotopic (exact) mass is 363 g/mol. The highest BCUT2D eigenvalue weighted by Crippen LogP contribution is 2.34. The molecule has 7 heteroatoms. The molecule has 1 saturated carbocycles. The van der Waals surface area contributed by atoms with E-state index in [1.807, 2.05) is 4.90 Å². The number of amides is 1. The number of ether oxygens (including phenoxy) is 2. The van der Waals surface area contributed by atoms with Crippen LogP contribution >= 0.6 is 0 Å². The number of carbonyl (C=O) groups excluding carboxylic acids is 1. The topological polar surface area (TPSA) is 77.7 Å². The van der Waals surface area contributed by atoms with Crippen molar-refractivity contribution in [2.24, 2.45) is 11.8 Å². The van der Waals surface area contributed by atoms with Gasteiger partial charge in [-0.3, -0.25) is 4.79 Å². The van der Waals surface area contributed by atoms with Crippen LogP contribution in [0.25, 0.3) is 0 Å². The van der Waals surface area contributed by atoms with Crippen molar-refractivity contribution in [2.45, 2.75) is 50.9 Å². The van der Waals surface area contributed by atoms with Crippen LogP contribution in [0.4, 0.5) is 0 Å². The third-order valence-electron chi connectivity index (χ3n) is 5.66. The van der Waals surface area contributed by atoms with Crippen LogP contribution in [-0.4, -0.2) is 60.5 Å². The van der Waals surface area contributed by atoms with E-state index in [2.05, 4.69) is 10.1 Å². The Balaban J connectivity index is 1.21. The minimum atomic E-state index is 0.177. The average Bonchev–Trinajstić information content (AvgIpc) is 3.44. The normalized spacial score (nSPS) is 24.8. The number of aromatic nitrogens is 2. The van der Waals surface area contributed by atoms with Gasteiger partial charge >= 0.3 is 0 Å². The first-order valence-electron chi connectivity index (χ1n) is 10.1. The van der Waals surface area contributed by atoms with E-state index in [1.54, 1.807) is 0 Å². The van der Waals surface area contributed by atoms with E-state index in [1.165, 1.54) is 0 Å². The fraction of sp³-hybridized carbons (Fsp3) is 0.842. The molecule has 7 nitrogen and oxygen atoms in total. The lowest BCUT2D eigenvalue weighted by atomic mass is 9.97. The van der Waals surface area contributed by atoms with Gasteiger partial charge in [-0.05, 0) is 44.4 Å². The number of nitrogens with zero attached hydrogens (tertiary/aromatic N) is 3. The van der Waals surface area contributed by atoms with Crippen LogP contribution in [-0.2, 0) is 20.7 Å². The van der Waals surface area contributed by atoms with Crippen molar-refractivity contribution in [1.82, 2.24) is 15.0 Å². The smallest absolute Gasteiger partial charge is 0.231 e. The summed E-state index contributed by atoms with van der Waals surface area (Å²) < 4.78 is 16.6. The molecule has 1 unspecified atom stereocenters. The van der Waals surface area contributed by atoms with Gasteiger partial charge in [0.1, 0.15) is 0 Å².